The van der Waals surface area contributed by atoms with Crippen LogP contribution in [-0.2, 0) is 26.0 Å². The van der Waals surface area contributed by atoms with Crippen molar-refractivity contribution in [3.8, 4) is 0 Å². The van der Waals surface area contributed by atoms with E-state index in [0.717, 1.165) is 5.69 Å². The quantitative estimate of drug-likeness (QED) is 0.579. The van der Waals surface area contributed by atoms with Gasteiger partial charge in [0.25, 0.3) is 0 Å². The minimum Gasteiger partial charge on any atom is -0.325 e. The number of rotatable bonds is 1. The third-order valence-corrected chi connectivity index (χ3v) is 0.935. The third-order valence-electron chi connectivity index (χ3n) is 0.935. The zero-order valence-electron chi connectivity index (χ0n) is 5.60. The van der Waals surface area contributed by atoms with Gasteiger partial charge in [0.05, 0.1) is 5.69 Å². The summed E-state index contributed by atoms with van der Waals surface area (Å²) < 4.78 is 0. The van der Waals surface area contributed by atoms with Crippen molar-refractivity contribution in [2.75, 3.05) is 0 Å². The first-order valence-electron chi connectivity index (χ1n) is 2.53. The fourth-order valence-corrected chi connectivity index (χ4v) is 0.519. The van der Waals surface area contributed by atoms with E-state index in [0.29, 0.717) is 6.54 Å². The number of nitrogens with zero attached hydrogens (tertiary/aromatic N) is 1. The van der Waals surface area contributed by atoms with E-state index in [1.807, 2.05) is 18.2 Å². The summed E-state index contributed by atoms with van der Waals surface area (Å²) in [6.07, 6.45) is 1.74. The van der Waals surface area contributed by atoms with Gasteiger partial charge < -0.3 is 5.73 Å². The Kier molecular flexibility index (Phi) is 9.31. The van der Waals surface area contributed by atoms with Crippen LogP contribution in [0.5, 0.6) is 0 Å². The molecule has 10 heavy (non-hydrogen) atoms. The Morgan fingerprint density at radius 1 is 1.40 bits per heavy atom. The number of aromatic nitrogens is 1. The molecule has 0 aliphatic rings. The van der Waals surface area contributed by atoms with E-state index < -0.39 is 0 Å². The Morgan fingerprint density at radius 2 is 2.10 bits per heavy atom. The molecular weight excluding hydrogens is 232 g/mol. The molecule has 0 bridgehead atoms. The van der Waals surface area contributed by atoms with Crippen molar-refractivity contribution in [3.63, 3.8) is 0 Å². The second kappa shape index (κ2) is 7.27. The van der Waals surface area contributed by atoms with Crippen LogP contribution in [0.3, 0.4) is 0 Å². The van der Waals surface area contributed by atoms with Gasteiger partial charge in [0.15, 0.2) is 0 Å². The Labute approximate surface area is 77.0 Å². The van der Waals surface area contributed by atoms with Crippen molar-refractivity contribution in [2.24, 2.45) is 5.73 Å². The van der Waals surface area contributed by atoms with Crippen molar-refractivity contribution >= 4 is 9.90 Å². The molecule has 4 heteroatoms. The van der Waals surface area contributed by atoms with Crippen molar-refractivity contribution in [3.05, 3.63) is 30.1 Å². The molecule has 1 heterocycles. The van der Waals surface area contributed by atoms with Crippen LogP contribution >= 0.6 is 9.90 Å². The maximum Gasteiger partial charge on any atom is 0.0539 e. The van der Waals surface area contributed by atoms with Gasteiger partial charge in [0.2, 0.25) is 0 Å². The van der Waals surface area contributed by atoms with E-state index in [4.69, 9.17) is 5.73 Å². The molecule has 0 radical (unpaired) electrons. The molecule has 58 valence electrons. The van der Waals surface area contributed by atoms with E-state index in [-0.39, 0.29) is 29.4 Å². The molecule has 0 amide bonds. The van der Waals surface area contributed by atoms with Gasteiger partial charge in [-0.15, -0.1) is 0 Å². The standard InChI is InChI=1S/C6H8N2.H3P.Ru/c7-5-6-3-1-2-4-8-6;;/h1-4H,5,7H2;1H3;. The van der Waals surface area contributed by atoms with Gasteiger partial charge in [0.1, 0.15) is 0 Å². The Bertz CT molecular complexity index is 157. The first kappa shape index (κ1) is 12.8. The molecule has 0 aromatic carbocycles. The van der Waals surface area contributed by atoms with Crippen molar-refractivity contribution in [2.45, 2.75) is 6.54 Å². The number of hydrogen-bond acceptors (Lipinski definition) is 2. The van der Waals surface area contributed by atoms with Gasteiger partial charge in [-0.1, -0.05) is 6.07 Å². The first-order valence-corrected chi connectivity index (χ1v) is 2.53. The Balaban J connectivity index is 0. The van der Waals surface area contributed by atoms with E-state index in [9.17, 15) is 0 Å². The van der Waals surface area contributed by atoms with Crippen LogP contribution in [0, 0.1) is 0 Å². The molecule has 0 aliphatic carbocycles. The van der Waals surface area contributed by atoms with Crippen molar-refractivity contribution in [1.29, 1.82) is 0 Å². The molecule has 1 rings (SSSR count). The molecule has 0 saturated carbocycles. The van der Waals surface area contributed by atoms with E-state index in [2.05, 4.69) is 4.98 Å². The molecule has 0 saturated heterocycles. The average Bonchev–Trinajstić information content (AvgIpc) is 1.90. The van der Waals surface area contributed by atoms with Gasteiger partial charge in [0, 0.05) is 32.2 Å². The predicted octanol–water partition coefficient (Wildman–Crippen LogP) is 0.596. The fraction of sp³-hybridized carbons (Fsp3) is 0.167. The second-order valence-corrected chi connectivity index (χ2v) is 1.53. The number of pyridine rings is 1. The van der Waals surface area contributed by atoms with E-state index in [1.54, 1.807) is 6.20 Å². The Morgan fingerprint density at radius 3 is 2.40 bits per heavy atom. The minimum atomic E-state index is 0. The molecule has 1 aromatic rings. The molecule has 1 unspecified atom stereocenters. The van der Waals surface area contributed by atoms with Crippen LogP contribution in [-0.4, -0.2) is 4.98 Å². The molecule has 1 atom stereocenters. The summed E-state index contributed by atoms with van der Waals surface area (Å²) in [4.78, 5) is 3.97. The summed E-state index contributed by atoms with van der Waals surface area (Å²) in [6, 6.07) is 5.70. The van der Waals surface area contributed by atoms with Crippen LogP contribution in [0.25, 0.3) is 0 Å². The van der Waals surface area contributed by atoms with Gasteiger partial charge in [-0.25, -0.2) is 0 Å². The molecule has 2 N–H and O–H groups in total. The summed E-state index contributed by atoms with van der Waals surface area (Å²) in [5.41, 5.74) is 6.22. The predicted molar refractivity (Wildman–Crippen MR) is 43.2 cm³/mol. The topological polar surface area (TPSA) is 38.9 Å². The maximum atomic E-state index is 5.29. The Hall–Kier alpha value is 0.163. The molecule has 0 aliphatic heterocycles. The normalized spacial score (nSPS) is 7.30. The molecular formula is C6H11N2PRu. The molecule has 0 spiro atoms. The van der Waals surface area contributed by atoms with Gasteiger partial charge in [-0.05, 0) is 12.1 Å². The second-order valence-electron chi connectivity index (χ2n) is 1.53. The van der Waals surface area contributed by atoms with Crippen LogP contribution in [0.2, 0.25) is 0 Å². The summed E-state index contributed by atoms with van der Waals surface area (Å²) in [5, 5.41) is 0. The number of nitrogens with two attached hydrogens (primary N) is 1. The van der Waals surface area contributed by atoms with Crippen LogP contribution in [0.4, 0.5) is 0 Å². The van der Waals surface area contributed by atoms with Crippen LogP contribution < -0.4 is 5.73 Å². The SMILES string of the molecule is NCc1ccccn1.P.[Ru]. The van der Waals surface area contributed by atoms with Gasteiger partial charge in [-0.2, -0.15) is 9.90 Å². The smallest absolute Gasteiger partial charge is 0.0539 e. The van der Waals surface area contributed by atoms with Gasteiger partial charge >= 0.3 is 0 Å². The van der Waals surface area contributed by atoms with Crippen LogP contribution in [0.1, 0.15) is 5.69 Å². The third kappa shape index (κ3) is 4.06. The molecule has 2 nitrogen and oxygen atoms in total. The zero-order valence-corrected chi connectivity index (χ0v) is 8.75. The fourth-order valence-electron chi connectivity index (χ4n) is 0.519. The molecule has 1 aromatic heterocycles. The first-order chi connectivity index (χ1) is 3.93. The average molecular weight is 243 g/mol. The monoisotopic (exact) mass is 244 g/mol. The summed E-state index contributed by atoms with van der Waals surface area (Å²) >= 11 is 0. The van der Waals surface area contributed by atoms with Crippen molar-refractivity contribution < 1.29 is 19.5 Å². The van der Waals surface area contributed by atoms with Gasteiger partial charge in [-0.3, -0.25) is 4.98 Å². The van der Waals surface area contributed by atoms with Crippen LogP contribution in [0.15, 0.2) is 24.4 Å². The summed E-state index contributed by atoms with van der Waals surface area (Å²) in [7, 11) is 0. The van der Waals surface area contributed by atoms with E-state index in [1.165, 1.54) is 0 Å². The van der Waals surface area contributed by atoms with Crippen molar-refractivity contribution in [1.82, 2.24) is 4.98 Å². The molecule has 0 fully saturated rings. The van der Waals surface area contributed by atoms with E-state index >= 15 is 0 Å². The zero-order chi connectivity index (χ0) is 5.82. The number of hydrogen-bond donors (Lipinski definition) is 1. The largest absolute Gasteiger partial charge is 0.325 e. The summed E-state index contributed by atoms with van der Waals surface area (Å²) in [5.74, 6) is 0. The summed E-state index contributed by atoms with van der Waals surface area (Å²) in [6.45, 7) is 0.529. The minimum absolute atomic E-state index is 0. The maximum absolute atomic E-state index is 5.29.